The topological polar surface area (TPSA) is 62.3 Å². The standard InChI is InChI=1S/C16H21N3O4/c1-22-14-5-3-2-4-13(14)18-8-6-17(7-9-18)12-15(20)19-10-11-23-16(19)21/h2-5H,6-12H2,1H3. The van der Waals surface area contributed by atoms with Crippen molar-refractivity contribution in [3.05, 3.63) is 24.3 Å². The van der Waals surface area contributed by atoms with Crippen LogP contribution in [0.4, 0.5) is 10.5 Å². The van der Waals surface area contributed by atoms with Crippen LogP contribution in [0.3, 0.4) is 0 Å². The van der Waals surface area contributed by atoms with Crippen molar-refractivity contribution in [1.29, 1.82) is 0 Å². The number of cyclic esters (lactones) is 1. The predicted molar refractivity (Wildman–Crippen MR) is 84.7 cm³/mol. The first-order valence-electron chi connectivity index (χ1n) is 7.76. The molecule has 2 heterocycles. The number of hydrogen-bond acceptors (Lipinski definition) is 6. The Morgan fingerprint density at radius 2 is 1.91 bits per heavy atom. The molecule has 2 aliphatic heterocycles. The van der Waals surface area contributed by atoms with Crippen LogP contribution in [-0.2, 0) is 9.53 Å². The van der Waals surface area contributed by atoms with E-state index < -0.39 is 6.09 Å². The molecule has 2 amide bonds. The first-order chi connectivity index (χ1) is 11.2. The number of methoxy groups -OCH3 is 1. The molecule has 23 heavy (non-hydrogen) atoms. The van der Waals surface area contributed by atoms with E-state index in [9.17, 15) is 9.59 Å². The normalized spacial score (nSPS) is 18.9. The average molecular weight is 319 g/mol. The van der Waals surface area contributed by atoms with Gasteiger partial charge in [0.2, 0.25) is 5.91 Å². The number of anilines is 1. The molecule has 0 unspecified atom stereocenters. The van der Waals surface area contributed by atoms with Gasteiger partial charge in [-0.15, -0.1) is 0 Å². The van der Waals surface area contributed by atoms with Crippen molar-refractivity contribution in [3.63, 3.8) is 0 Å². The summed E-state index contributed by atoms with van der Waals surface area (Å²) in [6.07, 6.45) is -0.525. The molecule has 1 aromatic rings. The number of rotatable bonds is 4. The largest absolute Gasteiger partial charge is 0.495 e. The molecule has 2 aliphatic rings. The van der Waals surface area contributed by atoms with Gasteiger partial charge in [-0.1, -0.05) is 12.1 Å². The molecule has 1 aromatic carbocycles. The Balaban J connectivity index is 1.54. The monoisotopic (exact) mass is 319 g/mol. The lowest BCUT2D eigenvalue weighted by Crippen LogP contribution is -2.50. The molecule has 2 saturated heterocycles. The molecular formula is C16H21N3O4. The van der Waals surface area contributed by atoms with Gasteiger partial charge in [-0.05, 0) is 12.1 Å². The van der Waals surface area contributed by atoms with Gasteiger partial charge in [0.15, 0.2) is 0 Å². The summed E-state index contributed by atoms with van der Waals surface area (Å²) < 4.78 is 10.2. The van der Waals surface area contributed by atoms with Crippen LogP contribution >= 0.6 is 0 Å². The summed E-state index contributed by atoms with van der Waals surface area (Å²) in [5, 5.41) is 0. The number of amides is 2. The fourth-order valence-corrected chi connectivity index (χ4v) is 2.93. The van der Waals surface area contributed by atoms with Crippen LogP contribution in [0.1, 0.15) is 0 Å². The van der Waals surface area contributed by atoms with Crippen LogP contribution in [0, 0.1) is 0 Å². The number of piperazine rings is 1. The van der Waals surface area contributed by atoms with Crippen molar-refractivity contribution in [1.82, 2.24) is 9.80 Å². The maximum atomic E-state index is 12.1. The van der Waals surface area contributed by atoms with Crippen LogP contribution in [0.25, 0.3) is 0 Å². The molecule has 0 aromatic heterocycles. The first-order valence-corrected chi connectivity index (χ1v) is 7.76. The van der Waals surface area contributed by atoms with Gasteiger partial charge in [0.25, 0.3) is 0 Å². The van der Waals surface area contributed by atoms with E-state index in [-0.39, 0.29) is 12.5 Å². The first kappa shape index (κ1) is 15.6. The second-order valence-corrected chi connectivity index (χ2v) is 5.59. The van der Waals surface area contributed by atoms with E-state index in [1.54, 1.807) is 7.11 Å². The molecule has 7 nitrogen and oxygen atoms in total. The SMILES string of the molecule is COc1ccccc1N1CCN(CC(=O)N2CCOC2=O)CC1. The van der Waals surface area contributed by atoms with Gasteiger partial charge in [0.1, 0.15) is 12.4 Å². The third-order valence-electron chi connectivity index (χ3n) is 4.22. The van der Waals surface area contributed by atoms with Crippen molar-refractivity contribution in [2.24, 2.45) is 0 Å². The molecular weight excluding hydrogens is 298 g/mol. The van der Waals surface area contributed by atoms with Crippen LogP contribution in [0.2, 0.25) is 0 Å². The number of carbonyl (C=O) groups is 2. The molecule has 2 fully saturated rings. The molecule has 0 aliphatic carbocycles. The van der Waals surface area contributed by atoms with Crippen LogP contribution in [-0.4, -0.2) is 74.8 Å². The highest BCUT2D eigenvalue weighted by Crippen LogP contribution is 2.28. The van der Waals surface area contributed by atoms with Crippen molar-refractivity contribution in [2.75, 3.05) is 57.9 Å². The van der Waals surface area contributed by atoms with Crippen molar-refractivity contribution in [3.8, 4) is 5.75 Å². The minimum absolute atomic E-state index is 0.182. The molecule has 0 saturated carbocycles. The Hall–Kier alpha value is -2.28. The number of hydrogen-bond donors (Lipinski definition) is 0. The summed E-state index contributed by atoms with van der Waals surface area (Å²) in [7, 11) is 1.67. The number of imide groups is 1. The van der Waals surface area contributed by atoms with E-state index in [0.717, 1.165) is 37.6 Å². The third kappa shape index (κ3) is 3.39. The van der Waals surface area contributed by atoms with Gasteiger partial charge in [0, 0.05) is 26.2 Å². The van der Waals surface area contributed by atoms with E-state index in [1.807, 2.05) is 24.3 Å². The number of ether oxygens (including phenoxy) is 2. The second-order valence-electron chi connectivity index (χ2n) is 5.59. The fraction of sp³-hybridized carbons (Fsp3) is 0.500. The Morgan fingerprint density at radius 1 is 1.17 bits per heavy atom. The number of para-hydroxylation sites is 2. The average Bonchev–Trinajstić information content (AvgIpc) is 3.02. The molecule has 0 bridgehead atoms. The Labute approximate surface area is 135 Å². The molecule has 124 valence electrons. The molecule has 0 radical (unpaired) electrons. The van der Waals surface area contributed by atoms with E-state index >= 15 is 0 Å². The Morgan fingerprint density at radius 3 is 2.57 bits per heavy atom. The number of nitrogens with zero attached hydrogens (tertiary/aromatic N) is 3. The zero-order valence-electron chi connectivity index (χ0n) is 13.2. The highest BCUT2D eigenvalue weighted by atomic mass is 16.6. The molecule has 0 atom stereocenters. The van der Waals surface area contributed by atoms with E-state index in [2.05, 4.69) is 9.80 Å². The number of carbonyl (C=O) groups excluding carboxylic acids is 2. The summed E-state index contributed by atoms with van der Waals surface area (Å²) in [4.78, 5) is 29.0. The van der Waals surface area contributed by atoms with Crippen molar-refractivity contribution < 1.29 is 19.1 Å². The summed E-state index contributed by atoms with van der Waals surface area (Å²) in [6, 6.07) is 7.93. The highest BCUT2D eigenvalue weighted by Gasteiger charge is 2.30. The van der Waals surface area contributed by atoms with Crippen LogP contribution in [0.5, 0.6) is 5.75 Å². The van der Waals surface area contributed by atoms with Gasteiger partial charge in [-0.3, -0.25) is 9.69 Å². The maximum absolute atomic E-state index is 12.1. The van der Waals surface area contributed by atoms with Gasteiger partial charge < -0.3 is 14.4 Å². The number of benzene rings is 1. The highest BCUT2D eigenvalue weighted by molar-refractivity contribution is 5.94. The van der Waals surface area contributed by atoms with E-state index in [4.69, 9.17) is 9.47 Å². The van der Waals surface area contributed by atoms with Crippen molar-refractivity contribution in [2.45, 2.75) is 0 Å². The molecule has 0 N–H and O–H groups in total. The summed E-state index contributed by atoms with van der Waals surface area (Å²) >= 11 is 0. The quantitative estimate of drug-likeness (QED) is 0.818. The Bertz CT molecular complexity index is 584. The zero-order valence-corrected chi connectivity index (χ0v) is 13.2. The lowest BCUT2D eigenvalue weighted by molar-refractivity contribution is -0.129. The minimum Gasteiger partial charge on any atom is -0.495 e. The summed E-state index contributed by atoms with van der Waals surface area (Å²) in [5.41, 5.74) is 1.07. The lowest BCUT2D eigenvalue weighted by atomic mass is 10.2. The van der Waals surface area contributed by atoms with E-state index in [1.165, 1.54) is 4.90 Å². The van der Waals surface area contributed by atoms with Gasteiger partial charge in [0.05, 0.1) is 25.9 Å². The lowest BCUT2D eigenvalue weighted by Gasteiger charge is -2.36. The molecule has 0 spiro atoms. The second kappa shape index (κ2) is 6.87. The van der Waals surface area contributed by atoms with E-state index in [0.29, 0.717) is 13.2 Å². The fourth-order valence-electron chi connectivity index (χ4n) is 2.93. The molecule has 7 heteroatoms. The van der Waals surface area contributed by atoms with Gasteiger partial charge in [-0.25, -0.2) is 9.69 Å². The third-order valence-corrected chi connectivity index (χ3v) is 4.22. The zero-order chi connectivity index (χ0) is 16.2. The Kier molecular flexibility index (Phi) is 4.66. The maximum Gasteiger partial charge on any atom is 0.416 e. The van der Waals surface area contributed by atoms with Gasteiger partial charge in [-0.2, -0.15) is 0 Å². The van der Waals surface area contributed by atoms with Crippen LogP contribution < -0.4 is 9.64 Å². The smallest absolute Gasteiger partial charge is 0.416 e. The predicted octanol–water partition coefficient (Wildman–Crippen LogP) is 0.796. The summed E-state index contributed by atoms with van der Waals surface area (Å²) in [5.74, 6) is 0.676. The molecule has 3 rings (SSSR count). The van der Waals surface area contributed by atoms with Crippen LogP contribution in [0.15, 0.2) is 24.3 Å². The van der Waals surface area contributed by atoms with Gasteiger partial charge >= 0.3 is 6.09 Å². The minimum atomic E-state index is -0.525. The van der Waals surface area contributed by atoms with Crippen molar-refractivity contribution >= 4 is 17.7 Å². The summed E-state index contributed by atoms with van der Waals surface area (Å²) in [6.45, 7) is 4.09.